The van der Waals surface area contributed by atoms with E-state index in [1.54, 1.807) is 7.11 Å². The zero-order valence-electron chi connectivity index (χ0n) is 10.8. The lowest BCUT2D eigenvalue weighted by atomic mass is 9.91. The molecule has 0 aromatic heterocycles. The number of nitrogens with zero attached hydrogens (tertiary/aromatic N) is 1. The summed E-state index contributed by atoms with van der Waals surface area (Å²) in [5.74, 6) is 0.980. The fraction of sp³-hybridized carbons (Fsp3) is 0.571. The van der Waals surface area contributed by atoms with Crippen molar-refractivity contribution in [1.29, 1.82) is 0 Å². The van der Waals surface area contributed by atoms with Gasteiger partial charge in [-0.15, -0.1) is 0 Å². The Balaban J connectivity index is 1.98. The van der Waals surface area contributed by atoms with Gasteiger partial charge in [0.2, 0.25) is 0 Å². The predicted molar refractivity (Wildman–Crippen MR) is 70.1 cm³/mol. The lowest BCUT2D eigenvalue weighted by Gasteiger charge is -2.36. The number of methoxy groups -OCH3 is 1. The minimum atomic E-state index is 0.0251. The molecule has 3 nitrogen and oxygen atoms in total. The molecule has 2 N–H and O–H groups in total. The second kappa shape index (κ2) is 5.07. The Kier molecular flexibility index (Phi) is 3.69. The van der Waals surface area contributed by atoms with Gasteiger partial charge in [0.1, 0.15) is 5.75 Å². The van der Waals surface area contributed by atoms with E-state index >= 15 is 0 Å². The number of hydrogen-bond acceptors (Lipinski definition) is 3. The maximum Gasteiger partial charge on any atom is 0.123 e. The fourth-order valence-electron chi connectivity index (χ4n) is 2.30. The number of para-hydroxylation sites is 1. The van der Waals surface area contributed by atoms with Crippen LogP contribution >= 0.6 is 0 Å². The molecule has 0 saturated carbocycles. The molecule has 1 fully saturated rings. The van der Waals surface area contributed by atoms with Crippen LogP contribution in [0.4, 0.5) is 0 Å². The van der Waals surface area contributed by atoms with Gasteiger partial charge < -0.3 is 10.5 Å². The van der Waals surface area contributed by atoms with Crippen molar-refractivity contribution in [3.8, 4) is 5.75 Å². The van der Waals surface area contributed by atoms with Crippen molar-refractivity contribution in [2.75, 3.05) is 20.2 Å². The van der Waals surface area contributed by atoms with Gasteiger partial charge in [0.25, 0.3) is 0 Å². The van der Waals surface area contributed by atoms with Crippen LogP contribution in [0.3, 0.4) is 0 Å². The van der Waals surface area contributed by atoms with Gasteiger partial charge in [0.05, 0.1) is 7.11 Å². The summed E-state index contributed by atoms with van der Waals surface area (Å²) in [6.07, 6.45) is 2.14. The van der Waals surface area contributed by atoms with Crippen molar-refractivity contribution in [3.05, 3.63) is 29.8 Å². The van der Waals surface area contributed by atoms with Crippen LogP contribution in [0.2, 0.25) is 0 Å². The zero-order valence-corrected chi connectivity index (χ0v) is 10.8. The average molecular weight is 234 g/mol. The number of hydrogen-bond donors (Lipinski definition) is 1. The van der Waals surface area contributed by atoms with Crippen molar-refractivity contribution < 1.29 is 4.74 Å². The quantitative estimate of drug-likeness (QED) is 0.869. The number of piperidine rings is 1. The first-order valence-corrected chi connectivity index (χ1v) is 6.24. The molecule has 0 spiro atoms. The van der Waals surface area contributed by atoms with Crippen molar-refractivity contribution in [1.82, 2.24) is 4.90 Å². The summed E-state index contributed by atoms with van der Waals surface area (Å²) in [6.45, 7) is 5.25. The second-order valence-corrected chi connectivity index (χ2v) is 5.24. The lowest BCUT2D eigenvalue weighted by Crippen LogP contribution is -2.47. The Morgan fingerprint density at radius 3 is 2.59 bits per heavy atom. The van der Waals surface area contributed by atoms with Gasteiger partial charge in [-0.1, -0.05) is 18.2 Å². The minimum absolute atomic E-state index is 0.0251. The highest BCUT2D eigenvalue weighted by atomic mass is 16.5. The van der Waals surface area contributed by atoms with Crippen molar-refractivity contribution in [3.63, 3.8) is 0 Å². The van der Waals surface area contributed by atoms with Crippen molar-refractivity contribution >= 4 is 0 Å². The van der Waals surface area contributed by atoms with E-state index in [9.17, 15) is 0 Å². The van der Waals surface area contributed by atoms with Gasteiger partial charge >= 0.3 is 0 Å². The molecule has 0 radical (unpaired) electrons. The molecule has 1 aromatic carbocycles. The van der Waals surface area contributed by atoms with Gasteiger partial charge in [0.15, 0.2) is 0 Å². The Hall–Kier alpha value is -1.06. The standard InChI is InChI=1S/C14H22N2O/c1-14(15)7-9-16(10-8-14)11-12-5-3-4-6-13(12)17-2/h3-6H,7-11,15H2,1-2H3. The van der Waals surface area contributed by atoms with E-state index in [1.165, 1.54) is 5.56 Å². The summed E-state index contributed by atoms with van der Waals surface area (Å²) in [4.78, 5) is 2.45. The molecule has 94 valence electrons. The number of likely N-dealkylation sites (tertiary alicyclic amines) is 1. The van der Waals surface area contributed by atoms with E-state index in [0.717, 1.165) is 38.2 Å². The molecule has 1 saturated heterocycles. The number of rotatable bonds is 3. The van der Waals surface area contributed by atoms with E-state index in [-0.39, 0.29) is 5.54 Å². The third-order valence-electron chi connectivity index (χ3n) is 3.58. The van der Waals surface area contributed by atoms with Crippen molar-refractivity contribution in [2.24, 2.45) is 5.73 Å². The summed E-state index contributed by atoms with van der Waals surface area (Å²) in [5.41, 5.74) is 7.42. The summed E-state index contributed by atoms with van der Waals surface area (Å²) in [5, 5.41) is 0. The summed E-state index contributed by atoms with van der Waals surface area (Å²) in [7, 11) is 1.73. The number of benzene rings is 1. The van der Waals surface area contributed by atoms with Gasteiger partial charge in [0, 0.05) is 30.7 Å². The van der Waals surface area contributed by atoms with Crippen LogP contribution in [0, 0.1) is 0 Å². The van der Waals surface area contributed by atoms with E-state index in [2.05, 4.69) is 24.0 Å². The van der Waals surface area contributed by atoms with Crippen LogP contribution in [0.15, 0.2) is 24.3 Å². The second-order valence-electron chi connectivity index (χ2n) is 5.24. The Morgan fingerprint density at radius 2 is 1.94 bits per heavy atom. The van der Waals surface area contributed by atoms with Crippen LogP contribution < -0.4 is 10.5 Å². The molecular formula is C14H22N2O. The van der Waals surface area contributed by atoms with E-state index in [4.69, 9.17) is 10.5 Å². The summed E-state index contributed by atoms with van der Waals surface area (Å²) >= 11 is 0. The maximum atomic E-state index is 6.14. The average Bonchev–Trinajstić information content (AvgIpc) is 2.32. The highest BCUT2D eigenvalue weighted by Gasteiger charge is 2.25. The molecule has 0 atom stereocenters. The topological polar surface area (TPSA) is 38.5 Å². The third kappa shape index (κ3) is 3.20. The molecule has 1 aromatic rings. The van der Waals surface area contributed by atoms with Gasteiger partial charge in [-0.2, -0.15) is 0 Å². The first-order chi connectivity index (χ1) is 8.11. The van der Waals surface area contributed by atoms with Crippen LogP contribution in [-0.4, -0.2) is 30.6 Å². The first kappa shape index (κ1) is 12.4. The van der Waals surface area contributed by atoms with Gasteiger partial charge in [-0.05, 0) is 25.8 Å². The normalized spacial score (nSPS) is 20.2. The van der Waals surface area contributed by atoms with Gasteiger partial charge in [-0.3, -0.25) is 4.90 Å². The zero-order chi connectivity index (χ0) is 12.3. The largest absolute Gasteiger partial charge is 0.496 e. The Bertz CT molecular complexity index is 366. The van der Waals surface area contributed by atoms with E-state index in [1.807, 2.05) is 12.1 Å². The Labute approximate surface area is 104 Å². The Morgan fingerprint density at radius 1 is 1.29 bits per heavy atom. The number of nitrogens with two attached hydrogens (primary N) is 1. The highest BCUT2D eigenvalue weighted by molar-refractivity contribution is 5.33. The molecular weight excluding hydrogens is 212 g/mol. The molecule has 0 bridgehead atoms. The summed E-state index contributed by atoms with van der Waals surface area (Å²) in [6, 6.07) is 8.23. The fourth-order valence-corrected chi connectivity index (χ4v) is 2.30. The molecule has 1 aliphatic heterocycles. The predicted octanol–water partition coefficient (Wildman–Crippen LogP) is 2.01. The SMILES string of the molecule is COc1ccccc1CN1CCC(C)(N)CC1. The van der Waals surface area contributed by atoms with E-state index in [0.29, 0.717) is 0 Å². The molecule has 3 heteroatoms. The third-order valence-corrected chi connectivity index (χ3v) is 3.58. The van der Waals surface area contributed by atoms with Crippen LogP contribution in [0.25, 0.3) is 0 Å². The van der Waals surface area contributed by atoms with Crippen molar-refractivity contribution in [2.45, 2.75) is 31.8 Å². The maximum absolute atomic E-state index is 6.14. The molecule has 0 aliphatic carbocycles. The smallest absolute Gasteiger partial charge is 0.123 e. The monoisotopic (exact) mass is 234 g/mol. The van der Waals surface area contributed by atoms with Crippen LogP contribution in [0.5, 0.6) is 5.75 Å². The summed E-state index contributed by atoms with van der Waals surface area (Å²) < 4.78 is 5.38. The molecule has 0 amide bonds. The molecule has 2 rings (SSSR count). The number of ether oxygens (including phenoxy) is 1. The van der Waals surface area contributed by atoms with Gasteiger partial charge in [-0.25, -0.2) is 0 Å². The minimum Gasteiger partial charge on any atom is -0.496 e. The van der Waals surface area contributed by atoms with Crippen LogP contribution in [-0.2, 0) is 6.54 Å². The molecule has 1 heterocycles. The highest BCUT2D eigenvalue weighted by Crippen LogP contribution is 2.23. The molecule has 1 aliphatic rings. The van der Waals surface area contributed by atoms with E-state index < -0.39 is 0 Å². The first-order valence-electron chi connectivity index (χ1n) is 6.24. The lowest BCUT2D eigenvalue weighted by molar-refractivity contribution is 0.164. The molecule has 0 unspecified atom stereocenters. The van der Waals surface area contributed by atoms with Crippen LogP contribution in [0.1, 0.15) is 25.3 Å². The molecule has 17 heavy (non-hydrogen) atoms.